The summed E-state index contributed by atoms with van der Waals surface area (Å²) in [7, 11) is 1.46. The second kappa shape index (κ2) is 40.4. The fraction of sp³-hybridized carbons (Fsp3) is 0.792. The first-order valence-electron chi connectivity index (χ1n) is 23.4. The van der Waals surface area contributed by atoms with Crippen molar-refractivity contribution in [2.75, 3.05) is 47.5 Å². The van der Waals surface area contributed by atoms with Gasteiger partial charge in [0, 0.05) is 12.8 Å². The average molecular weight is 839 g/mol. The maximum Gasteiger partial charge on any atom is 0.472 e. The third-order valence-corrected chi connectivity index (χ3v) is 10.8. The van der Waals surface area contributed by atoms with Crippen LogP contribution in [0, 0.1) is 0 Å². The molecule has 0 heterocycles. The van der Waals surface area contributed by atoms with Crippen molar-refractivity contribution in [2.24, 2.45) is 0 Å². The van der Waals surface area contributed by atoms with Crippen LogP contribution in [0.1, 0.15) is 194 Å². The first-order valence-corrected chi connectivity index (χ1v) is 24.9. The van der Waals surface area contributed by atoms with E-state index in [0.717, 1.165) is 77.0 Å². The molecule has 0 aliphatic carbocycles. The molecule has 338 valence electrons. The Hall–Kier alpha value is -2.03. The van der Waals surface area contributed by atoms with E-state index in [4.69, 9.17) is 18.5 Å². The van der Waals surface area contributed by atoms with Crippen LogP contribution in [0.25, 0.3) is 0 Å². The summed E-state index contributed by atoms with van der Waals surface area (Å²) in [4.78, 5) is 35.4. The van der Waals surface area contributed by atoms with Crippen molar-refractivity contribution in [3.63, 3.8) is 0 Å². The lowest BCUT2D eigenvalue weighted by molar-refractivity contribution is -0.870. The van der Waals surface area contributed by atoms with Gasteiger partial charge >= 0.3 is 19.8 Å². The zero-order valence-electron chi connectivity index (χ0n) is 38.0. The summed E-state index contributed by atoms with van der Waals surface area (Å²) in [5.41, 5.74) is 0. The molecule has 10 heteroatoms. The van der Waals surface area contributed by atoms with E-state index in [1.165, 1.54) is 83.5 Å². The van der Waals surface area contributed by atoms with Crippen LogP contribution in [0.5, 0.6) is 0 Å². The van der Waals surface area contributed by atoms with Crippen LogP contribution >= 0.6 is 7.82 Å². The molecular formula is C48H89NO8P+. The van der Waals surface area contributed by atoms with E-state index < -0.39 is 26.5 Å². The van der Waals surface area contributed by atoms with Gasteiger partial charge in [-0.25, -0.2) is 4.57 Å². The molecule has 58 heavy (non-hydrogen) atoms. The number of quaternary nitrogens is 1. The first-order chi connectivity index (χ1) is 28.0. The van der Waals surface area contributed by atoms with E-state index in [1.54, 1.807) is 0 Å². The quantitative estimate of drug-likeness (QED) is 0.0213. The summed E-state index contributed by atoms with van der Waals surface area (Å²) in [6.45, 7) is 4.35. The van der Waals surface area contributed by atoms with Gasteiger partial charge in [0.05, 0.1) is 27.7 Å². The number of nitrogens with zero attached hydrogens (tertiary/aromatic N) is 1. The molecule has 1 unspecified atom stereocenters. The van der Waals surface area contributed by atoms with Gasteiger partial charge in [0.15, 0.2) is 6.10 Å². The molecule has 0 aromatic rings. The normalized spacial score (nSPS) is 14.0. The number of likely N-dealkylation sites (N-methyl/N-ethyl adjacent to an activating group) is 1. The summed E-state index contributed by atoms with van der Waals surface area (Å²) < 4.78 is 34.3. The van der Waals surface area contributed by atoms with E-state index in [-0.39, 0.29) is 32.0 Å². The summed E-state index contributed by atoms with van der Waals surface area (Å²) in [5, 5.41) is 0. The van der Waals surface area contributed by atoms with Crippen molar-refractivity contribution >= 4 is 19.8 Å². The number of rotatable bonds is 42. The Balaban J connectivity index is 4.34. The van der Waals surface area contributed by atoms with Crippen LogP contribution in [0.3, 0.4) is 0 Å². The molecule has 0 fully saturated rings. The van der Waals surface area contributed by atoms with Crippen molar-refractivity contribution < 1.29 is 42.1 Å². The highest BCUT2D eigenvalue weighted by atomic mass is 31.2. The third-order valence-electron chi connectivity index (χ3n) is 9.83. The SMILES string of the molecule is CCCCC/C=C\C/C=C\CCCCCCCCCCCC(=O)O[C@H](COC(=O)CCCCCCC/C=C\C/C=C\CCCCC)COP(=O)(O)OCC[N+](C)(C)C. The maximum absolute atomic E-state index is 12.7. The molecule has 1 N–H and O–H groups in total. The minimum Gasteiger partial charge on any atom is -0.462 e. The number of phosphoric ester groups is 1. The van der Waals surface area contributed by atoms with Crippen LogP contribution < -0.4 is 0 Å². The molecule has 0 aromatic heterocycles. The van der Waals surface area contributed by atoms with Gasteiger partial charge < -0.3 is 18.9 Å². The van der Waals surface area contributed by atoms with Crippen LogP contribution in [-0.4, -0.2) is 74.9 Å². The zero-order valence-corrected chi connectivity index (χ0v) is 38.9. The predicted molar refractivity (Wildman–Crippen MR) is 243 cm³/mol. The van der Waals surface area contributed by atoms with Crippen LogP contribution in [0.15, 0.2) is 48.6 Å². The molecule has 0 bridgehead atoms. The highest BCUT2D eigenvalue weighted by Crippen LogP contribution is 2.43. The first kappa shape index (κ1) is 56.0. The number of phosphoric acid groups is 1. The zero-order chi connectivity index (χ0) is 42.8. The number of esters is 2. The summed E-state index contributed by atoms with van der Waals surface area (Å²) in [5.74, 6) is -0.819. The van der Waals surface area contributed by atoms with E-state index in [2.05, 4.69) is 62.5 Å². The summed E-state index contributed by atoms with van der Waals surface area (Å²) >= 11 is 0. The second-order valence-corrected chi connectivity index (χ2v) is 18.2. The van der Waals surface area contributed by atoms with Crippen molar-refractivity contribution in [1.82, 2.24) is 0 Å². The molecule has 9 nitrogen and oxygen atoms in total. The molecule has 0 radical (unpaired) electrons. The topological polar surface area (TPSA) is 108 Å². The monoisotopic (exact) mass is 839 g/mol. The van der Waals surface area contributed by atoms with Gasteiger partial charge in [-0.3, -0.25) is 18.6 Å². The molecular weight excluding hydrogens is 750 g/mol. The smallest absolute Gasteiger partial charge is 0.462 e. The Labute approximate surface area is 356 Å². The number of unbranched alkanes of at least 4 members (excludes halogenated alkanes) is 20. The van der Waals surface area contributed by atoms with Crippen molar-refractivity contribution in [1.29, 1.82) is 0 Å². The van der Waals surface area contributed by atoms with Gasteiger partial charge in [0.2, 0.25) is 0 Å². The van der Waals surface area contributed by atoms with Crippen molar-refractivity contribution in [3.05, 3.63) is 48.6 Å². The fourth-order valence-corrected chi connectivity index (χ4v) is 6.87. The molecule has 0 amide bonds. The molecule has 0 rings (SSSR count). The Bertz CT molecular complexity index is 1130. The van der Waals surface area contributed by atoms with Gasteiger partial charge in [-0.1, -0.05) is 152 Å². The maximum atomic E-state index is 12.7. The van der Waals surface area contributed by atoms with Crippen molar-refractivity contribution in [3.8, 4) is 0 Å². The summed E-state index contributed by atoms with van der Waals surface area (Å²) in [6, 6.07) is 0. The van der Waals surface area contributed by atoms with Gasteiger partial charge in [-0.15, -0.1) is 0 Å². The minimum atomic E-state index is -4.38. The number of hydrogen-bond acceptors (Lipinski definition) is 7. The highest BCUT2D eigenvalue weighted by Gasteiger charge is 2.27. The number of carbonyl (C=O) groups excluding carboxylic acids is 2. The van der Waals surface area contributed by atoms with Crippen LogP contribution in [0.2, 0.25) is 0 Å². The lowest BCUT2D eigenvalue weighted by atomic mass is 10.1. The largest absolute Gasteiger partial charge is 0.472 e. The molecule has 0 aliphatic heterocycles. The van der Waals surface area contributed by atoms with Crippen LogP contribution in [-0.2, 0) is 32.7 Å². The van der Waals surface area contributed by atoms with Gasteiger partial charge in [0.25, 0.3) is 0 Å². The van der Waals surface area contributed by atoms with Crippen LogP contribution in [0.4, 0.5) is 0 Å². The Kier molecular flexibility index (Phi) is 39.0. The third kappa shape index (κ3) is 43.5. The standard InChI is InChI=1S/C48H88NO8P/c1-6-8-10-12-14-16-18-20-22-23-24-25-27-29-31-33-35-37-39-41-48(51)57-46(45-56-58(52,53)55-43-42-49(3,4)5)44-54-47(50)40-38-36-34-32-30-28-26-21-19-17-15-13-11-9-7-2/h14-17,20-22,26,46H,6-13,18-19,23-25,27-45H2,1-5H3/p+1/b16-14-,17-15-,22-20-,26-21-/t46-/m1/s1. The van der Waals surface area contributed by atoms with E-state index in [0.29, 0.717) is 17.4 Å². The number of carbonyl (C=O) groups is 2. The minimum absolute atomic E-state index is 0.0272. The van der Waals surface area contributed by atoms with Gasteiger partial charge in [-0.2, -0.15) is 0 Å². The van der Waals surface area contributed by atoms with E-state index in [9.17, 15) is 19.0 Å². The van der Waals surface area contributed by atoms with E-state index in [1.807, 2.05) is 21.1 Å². The highest BCUT2D eigenvalue weighted by molar-refractivity contribution is 7.47. The Morgan fingerprint density at radius 1 is 0.534 bits per heavy atom. The predicted octanol–water partition coefficient (Wildman–Crippen LogP) is 13.5. The number of hydrogen-bond donors (Lipinski definition) is 1. The average Bonchev–Trinajstić information content (AvgIpc) is 3.17. The fourth-order valence-electron chi connectivity index (χ4n) is 6.13. The van der Waals surface area contributed by atoms with Crippen molar-refractivity contribution in [2.45, 2.75) is 200 Å². The lowest BCUT2D eigenvalue weighted by Gasteiger charge is -2.24. The van der Waals surface area contributed by atoms with Gasteiger partial charge in [0.1, 0.15) is 19.8 Å². The molecule has 0 aliphatic rings. The Morgan fingerprint density at radius 3 is 1.36 bits per heavy atom. The molecule has 2 atom stereocenters. The summed E-state index contributed by atoms with van der Waals surface area (Å²) in [6.07, 6.45) is 47.2. The molecule has 0 saturated carbocycles. The number of ether oxygens (including phenoxy) is 2. The molecule has 0 aromatic carbocycles. The van der Waals surface area contributed by atoms with E-state index >= 15 is 0 Å². The molecule has 0 saturated heterocycles. The lowest BCUT2D eigenvalue weighted by Crippen LogP contribution is -2.37. The Morgan fingerprint density at radius 2 is 0.931 bits per heavy atom. The number of allylic oxidation sites excluding steroid dienone is 8. The second-order valence-electron chi connectivity index (χ2n) is 16.8. The van der Waals surface area contributed by atoms with Gasteiger partial charge in [-0.05, 0) is 77.0 Å². The molecule has 0 spiro atoms.